The second kappa shape index (κ2) is 2.92. The van der Waals surface area contributed by atoms with Crippen LogP contribution < -0.4 is 9.79 Å². The molecule has 0 aliphatic rings. The third-order valence-electron chi connectivity index (χ3n) is 0.589. The molecule has 0 heterocycles. The molecule has 2 nitrogen and oxygen atoms in total. The van der Waals surface area contributed by atoms with E-state index in [0.29, 0.717) is 0 Å². The molecule has 0 aliphatic carbocycles. The van der Waals surface area contributed by atoms with Crippen molar-refractivity contribution in [3.8, 4) is 0 Å². The minimum absolute atomic E-state index is 0.141. The summed E-state index contributed by atoms with van der Waals surface area (Å²) in [5.74, 6) is 0.163. The highest BCUT2D eigenvalue weighted by Crippen LogP contribution is 2.26. The van der Waals surface area contributed by atoms with Gasteiger partial charge < -0.3 is 9.79 Å². The zero-order valence-corrected chi connectivity index (χ0v) is 6.67. The normalized spacial score (nSPS) is 12.6. The summed E-state index contributed by atoms with van der Waals surface area (Å²) in [6, 6.07) is 0. The lowest BCUT2D eigenvalue weighted by Crippen LogP contribution is -2.18. The topological polar surface area (TPSA) is 46.1 Å². The summed E-state index contributed by atoms with van der Waals surface area (Å²) in [4.78, 5) is 20.6. The van der Waals surface area contributed by atoms with Gasteiger partial charge in [-0.05, 0) is 12.1 Å². The van der Waals surface area contributed by atoms with E-state index in [0.717, 1.165) is 0 Å². The fraction of sp³-hybridized carbons (Fsp3) is 1.00. The Kier molecular flexibility index (Phi) is 3.13. The monoisotopic (exact) mass is 152 g/mol. The predicted octanol–water partition coefficient (Wildman–Crippen LogP) is -0.328. The van der Waals surface area contributed by atoms with Crippen molar-refractivity contribution >= 4 is 18.3 Å². The summed E-state index contributed by atoms with van der Waals surface area (Å²) < 4.78 is 0. The molecule has 0 aromatic heterocycles. The largest absolute Gasteiger partial charge is 0.832 e. The van der Waals surface area contributed by atoms with E-state index in [-0.39, 0.29) is 12.1 Å². The average Bonchev–Trinajstić information content (AvgIpc) is 1.21. The van der Waals surface area contributed by atoms with Crippen molar-refractivity contribution in [1.82, 2.24) is 0 Å². The van der Waals surface area contributed by atoms with Gasteiger partial charge in [-0.15, -0.1) is 11.8 Å². The zero-order chi connectivity index (χ0) is 6.78. The summed E-state index contributed by atoms with van der Waals surface area (Å²) in [6.07, 6.45) is 0.141. The van der Waals surface area contributed by atoms with Crippen molar-refractivity contribution in [3.05, 3.63) is 0 Å². The number of hydrogen-bond donors (Lipinski definition) is 0. The summed E-state index contributed by atoms with van der Waals surface area (Å²) in [5.41, 5.74) is 0. The van der Waals surface area contributed by atoms with Gasteiger partial charge in [0.05, 0.1) is 0 Å². The van der Waals surface area contributed by atoms with Crippen LogP contribution >= 0.6 is 6.49 Å². The van der Waals surface area contributed by atoms with E-state index < -0.39 is 6.49 Å². The van der Waals surface area contributed by atoms with E-state index >= 15 is 0 Å². The number of rotatable bonds is 2. The fourth-order valence-corrected chi connectivity index (χ4v) is 2.24. The average molecular weight is 152 g/mol. The molecule has 0 aromatic rings. The molecule has 50 valence electrons. The van der Waals surface area contributed by atoms with E-state index in [1.165, 1.54) is 0 Å². The van der Waals surface area contributed by atoms with Crippen LogP contribution in [0, 0.1) is 5.92 Å². The first-order valence-electron chi connectivity index (χ1n) is 2.43. The van der Waals surface area contributed by atoms with Crippen molar-refractivity contribution in [1.29, 1.82) is 0 Å². The molecule has 0 atom stereocenters. The molecule has 0 aromatic carbocycles. The summed E-state index contributed by atoms with van der Waals surface area (Å²) >= 11 is 4.16. The van der Waals surface area contributed by atoms with E-state index in [9.17, 15) is 9.79 Å². The summed E-state index contributed by atoms with van der Waals surface area (Å²) in [6.45, 7) is 0.272. The first-order chi connectivity index (χ1) is 3.42. The van der Waals surface area contributed by atoms with Gasteiger partial charge in [-0.2, -0.15) is 0 Å². The first kappa shape index (κ1) is 8.57. The smallest absolute Gasteiger partial charge is 0.0447 e. The Morgan fingerprint density at radius 1 is 1.50 bits per heavy atom. The molecule has 0 N–H and O–H groups in total. The van der Waals surface area contributed by atoms with Crippen LogP contribution in [0.3, 0.4) is 0 Å². The Labute approximate surface area is 54.7 Å². The molecule has 0 amide bonds. The minimum Gasteiger partial charge on any atom is -0.832 e. The molecule has 0 rings (SSSR count). The first-order valence-corrected chi connectivity index (χ1v) is 5.25. The van der Waals surface area contributed by atoms with E-state index in [4.69, 9.17) is 0 Å². The van der Waals surface area contributed by atoms with Gasteiger partial charge in [-0.25, -0.2) is 6.49 Å². The van der Waals surface area contributed by atoms with Crippen LogP contribution in [0.2, 0.25) is 0 Å². The van der Waals surface area contributed by atoms with Crippen LogP contribution in [0.4, 0.5) is 0 Å². The molecule has 8 heavy (non-hydrogen) atoms. The van der Waals surface area contributed by atoms with Gasteiger partial charge in [0, 0.05) is 0 Å². The molecule has 0 unspecified atom stereocenters. The molecule has 0 bridgehead atoms. The van der Waals surface area contributed by atoms with Crippen molar-refractivity contribution in [2.75, 3.05) is 6.16 Å². The third-order valence-corrected chi connectivity index (χ3v) is 2.21. The lowest BCUT2D eigenvalue weighted by Gasteiger charge is -2.36. The van der Waals surface area contributed by atoms with Crippen LogP contribution in [0.15, 0.2) is 0 Å². The van der Waals surface area contributed by atoms with E-state index in [1.54, 1.807) is 0 Å². The van der Waals surface area contributed by atoms with Crippen LogP contribution in [0.1, 0.15) is 13.8 Å². The quantitative estimate of drug-likeness (QED) is 0.509. The molecule has 0 fully saturated rings. The van der Waals surface area contributed by atoms with Gasteiger partial charge in [0.25, 0.3) is 0 Å². The van der Waals surface area contributed by atoms with Crippen LogP contribution in [-0.4, -0.2) is 6.16 Å². The highest BCUT2D eigenvalue weighted by Gasteiger charge is 1.91. The SMILES string of the molecule is CC(C)CP([O-])([O-])=S. The maximum Gasteiger partial charge on any atom is -0.0447 e. The van der Waals surface area contributed by atoms with Crippen LogP contribution in [0.5, 0.6) is 0 Å². The third kappa shape index (κ3) is 6.57. The molecule has 0 saturated carbocycles. The highest BCUT2D eigenvalue weighted by molar-refractivity contribution is 8.07. The second-order valence-electron chi connectivity index (χ2n) is 2.19. The number of hydrogen-bond acceptors (Lipinski definition) is 3. The van der Waals surface area contributed by atoms with Crippen LogP contribution in [0.25, 0.3) is 0 Å². The van der Waals surface area contributed by atoms with E-state index in [1.807, 2.05) is 13.8 Å². The maximum atomic E-state index is 10.3. The Bertz CT molecular complexity index is 107. The molecular formula is C4H9O2PS-2. The van der Waals surface area contributed by atoms with Gasteiger partial charge in [0.15, 0.2) is 0 Å². The highest BCUT2D eigenvalue weighted by atomic mass is 32.5. The zero-order valence-electron chi connectivity index (χ0n) is 4.96. The Balaban J connectivity index is 3.56. The fourth-order valence-electron chi connectivity index (χ4n) is 0.447. The molecule has 0 aliphatic heterocycles. The molecular weight excluding hydrogens is 143 g/mol. The Hall–Kier alpha value is 0.570. The second-order valence-corrected chi connectivity index (χ2v) is 5.44. The summed E-state index contributed by atoms with van der Waals surface area (Å²) in [5, 5.41) is 0. The van der Waals surface area contributed by atoms with Crippen molar-refractivity contribution in [2.45, 2.75) is 13.8 Å². The van der Waals surface area contributed by atoms with Crippen molar-refractivity contribution < 1.29 is 9.79 Å². The van der Waals surface area contributed by atoms with Gasteiger partial charge in [0.1, 0.15) is 0 Å². The van der Waals surface area contributed by atoms with Crippen molar-refractivity contribution in [3.63, 3.8) is 0 Å². The molecule has 0 spiro atoms. The Morgan fingerprint density at radius 3 is 1.88 bits per heavy atom. The maximum absolute atomic E-state index is 10.3. The molecule has 4 heteroatoms. The van der Waals surface area contributed by atoms with Gasteiger partial charge >= 0.3 is 0 Å². The summed E-state index contributed by atoms with van der Waals surface area (Å²) in [7, 11) is 0. The van der Waals surface area contributed by atoms with Gasteiger partial charge in [-0.1, -0.05) is 13.8 Å². The van der Waals surface area contributed by atoms with Crippen LogP contribution in [-0.2, 0) is 11.8 Å². The lowest BCUT2D eigenvalue weighted by atomic mass is 10.3. The van der Waals surface area contributed by atoms with Gasteiger partial charge in [0.2, 0.25) is 0 Å². The lowest BCUT2D eigenvalue weighted by molar-refractivity contribution is -0.295. The van der Waals surface area contributed by atoms with Gasteiger partial charge in [-0.3, -0.25) is 0 Å². The van der Waals surface area contributed by atoms with E-state index in [2.05, 4.69) is 11.8 Å². The molecule has 0 radical (unpaired) electrons. The minimum atomic E-state index is -3.39. The van der Waals surface area contributed by atoms with Crippen molar-refractivity contribution in [2.24, 2.45) is 5.92 Å². The predicted molar refractivity (Wildman–Crippen MR) is 34.0 cm³/mol. The standard InChI is InChI=1S/C4H11O2PS/c1-4(2)3-7(5,6)8/h4H,3H2,1-2H3,(H2,5,6,8)/p-2. The Morgan fingerprint density at radius 2 is 1.88 bits per heavy atom. The molecule has 0 saturated heterocycles.